The van der Waals surface area contributed by atoms with Gasteiger partial charge in [0.1, 0.15) is 12.4 Å². The predicted molar refractivity (Wildman–Crippen MR) is 93.0 cm³/mol. The number of urea groups is 1. The van der Waals surface area contributed by atoms with Crippen LogP contribution in [0.1, 0.15) is 18.1 Å². The predicted octanol–water partition coefficient (Wildman–Crippen LogP) is 3.78. The maximum atomic E-state index is 11.7. The molecule has 2 aromatic rings. The molecule has 0 aliphatic rings. The van der Waals surface area contributed by atoms with E-state index in [1.54, 1.807) is 6.07 Å². The second-order valence-electron chi connectivity index (χ2n) is 5.05. The first kappa shape index (κ1) is 17.2. The first-order valence-electron chi connectivity index (χ1n) is 7.66. The molecule has 0 unspecified atom stereocenters. The maximum Gasteiger partial charge on any atom is 0.315 e. The molecule has 0 aromatic heterocycles. The highest BCUT2D eigenvalue weighted by molar-refractivity contribution is 6.31. The van der Waals surface area contributed by atoms with Crippen molar-refractivity contribution in [1.82, 2.24) is 10.6 Å². The molecule has 2 rings (SSSR count). The Morgan fingerprint density at radius 2 is 1.83 bits per heavy atom. The molecular weight excluding hydrogens is 312 g/mol. The van der Waals surface area contributed by atoms with Crippen molar-refractivity contribution in [2.45, 2.75) is 19.9 Å². The monoisotopic (exact) mass is 332 g/mol. The van der Waals surface area contributed by atoms with Gasteiger partial charge in [-0.3, -0.25) is 0 Å². The standard InChI is InChI=1S/C18H21ClN2O2/c1-2-14-7-9-16(10-8-14)23-12-11-20-18(22)21-13-15-5-3-4-6-17(15)19/h3-10H,2,11-13H2,1H3,(H2,20,21,22). The van der Waals surface area contributed by atoms with E-state index in [-0.39, 0.29) is 6.03 Å². The van der Waals surface area contributed by atoms with Crippen LogP contribution in [0.15, 0.2) is 48.5 Å². The summed E-state index contributed by atoms with van der Waals surface area (Å²) in [4.78, 5) is 11.7. The van der Waals surface area contributed by atoms with E-state index in [4.69, 9.17) is 16.3 Å². The molecule has 0 fully saturated rings. The molecule has 23 heavy (non-hydrogen) atoms. The van der Waals surface area contributed by atoms with Crippen LogP contribution in [0.5, 0.6) is 5.75 Å². The largest absolute Gasteiger partial charge is 0.492 e. The van der Waals surface area contributed by atoms with Crippen molar-refractivity contribution in [1.29, 1.82) is 0 Å². The zero-order valence-corrected chi connectivity index (χ0v) is 13.9. The summed E-state index contributed by atoms with van der Waals surface area (Å²) >= 11 is 6.03. The van der Waals surface area contributed by atoms with Crippen molar-refractivity contribution < 1.29 is 9.53 Å². The van der Waals surface area contributed by atoms with Crippen LogP contribution in [0.3, 0.4) is 0 Å². The molecule has 122 valence electrons. The first-order valence-corrected chi connectivity index (χ1v) is 8.03. The Hall–Kier alpha value is -2.20. The Kier molecular flexibility index (Phi) is 6.76. The molecule has 0 aliphatic carbocycles. The van der Waals surface area contributed by atoms with Crippen LogP contribution >= 0.6 is 11.6 Å². The number of amides is 2. The van der Waals surface area contributed by atoms with Crippen molar-refractivity contribution in [3.8, 4) is 5.75 Å². The third kappa shape index (κ3) is 5.83. The third-order valence-electron chi connectivity index (χ3n) is 3.39. The summed E-state index contributed by atoms with van der Waals surface area (Å²) in [5.41, 5.74) is 2.16. The Morgan fingerprint density at radius 3 is 2.52 bits per heavy atom. The summed E-state index contributed by atoms with van der Waals surface area (Å²) in [5, 5.41) is 6.16. The fourth-order valence-electron chi connectivity index (χ4n) is 2.03. The molecule has 2 aromatic carbocycles. The number of halogens is 1. The Morgan fingerprint density at radius 1 is 1.09 bits per heavy atom. The van der Waals surface area contributed by atoms with Gasteiger partial charge in [0, 0.05) is 11.6 Å². The fourth-order valence-corrected chi connectivity index (χ4v) is 2.24. The van der Waals surface area contributed by atoms with Crippen LogP contribution in [-0.4, -0.2) is 19.2 Å². The van der Waals surface area contributed by atoms with Gasteiger partial charge in [0.2, 0.25) is 0 Å². The van der Waals surface area contributed by atoms with E-state index in [0.29, 0.717) is 24.7 Å². The van der Waals surface area contributed by atoms with Crippen molar-refractivity contribution in [3.63, 3.8) is 0 Å². The van der Waals surface area contributed by atoms with Crippen LogP contribution in [-0.2, 0) is 13.0 Å². The van der Waals surface area contributed by atoms with Gasteiger partial charge < -0.3 is 15.4 Å². The number of rotatable bonds is 7. The van der Waals surface area contributed by atoms with E-state index < -0.39 is 0 Å². The minimum atomic E-state index is -0.241. The van der Waals surface area contributed by atoms with Crippen molar-refractivity contribution in [2.75, 3.05) is 13.2 Å². The highest BCUT2D eigenvalue weighted by Crippen LogP contribution is 2.14. The molecule has 2 amide bonds. The van der Waals surface area contributed by atoms with E-state index in [9.17, 15) is 4.79 Å². The molecule has 0 saturated carbocycles. The Bertz CT molecular complexity index is 629. The molecular formula is C18H21ClN2O2. The lowest BCUT2D eigenvalue weighted by molar-refractivity contribution is 0.236. The Balaban J connectivity index is 1.63. The molecule has 0 atom stereocenters. The lowest BCUT2D eigenvalue weighted by Crippen LogP contribution is -2.37. The summed E-state index contributed by atoms with van der Waals surface area (Å²) in [5.74, 6) is 0.806. The van der Waals surface area contributed by atoms with Crippen LogP contribution in [0, 0.1) is 0 Å². The average Bonchev–Trinajstić information content (AvgIpc) is 2.58. The number of ether oxygens (including phenoxy) is 1. The van der Waals surface area contributed by atoms with Gasteiger partial charge in [0.15, 0.2) is 0 Å². The van der Waals surface area contributed by atoms with Gasteiger partial charge in [0.25, 0.3) is 0 Å². The zero-order chi connectivity index (χ0) is 16.5. The quantitative estimate of drug-likeness (QED) is 0.758. The van der Waals surface area contributed by atoms with Gasteiger partial charge in [-0.2, -0.15) is 0 Å². The van der Waals surface area contributed by atoms with E-state index in [1.165, 1.54) is 5.56 Å². The van der Waals surface area contributed by atoms with Gasteiger partial charge in [-0.05, 0) is 35.7 Å². The van der Waals surface area contributed by atoms with Crippen LogP contribution in [0.25, 0.3) is 0 Å². The number of hydrogen-bond donors (Lipinski definition) is 2. The maximum absolute atomic E-state index is 11.7. The molecule has 0 aliphatic heterocycles. The topological polar surface area (TPSA) is 50.4 Å². The van der Waals surface area contributed by atoms with Gasteiger partial charge in [-0.15, -0.1) is 0 Å². The van der Waals surface area contributed by atoms with Crippen molar-refractivity contribution in [2.24, 2.45) is 0 Å². The number of hydrogen-bond acceptors (Lipinski definition) is 2. The second-order valence-corrected chi connectivity index (χ2v) is 5.45. The molecule has 0 bridgehead atoms. The van der Waals surface area contributed by atoms with Crippen molar-refractivity contribution in [3.05, 3.63) is 64.7 Å². The van der Waals surface area contributed by atoms with E-state index in [2.05, 4.69) is 17.6 Å². The van der Waals surface area contributed by atoms with E-state index >= 15 is 0 Å². The second kappa shape index (κ2) is 9.06. The lowest BCUT2D eigenvalue weighted by Gasteiger charge is -2.10. The molecule has 2 N–H and O–H groups in total. The summed E-state index contributed by atoms with van der Waals surface area (Å²) in [6.07, 6.45) is 1.01. The van der Waals surface area contributed by atoms with E-state index in [1.807, 2.05) is 42.5 Å². The van der Waals surface area contributed by atoms with Gasteiger partial charge in [-0.25, -0.2) is 4.79 Å². The molecule has 0 radical (unpaired) electrons. The van der Waals surface area contributed by atoms with Crippen LogP contribution in [0.4, 0.5) is 4.79 Å². The number of benzene rings is 2. The first-order chi connectivity index (χ1) is 11.2. The molecule has 0 heterocycles. The summed E-state index contributed by atoms with van der Waals surface area (Å²) in [7, 11) is 0. The van der Waals surface area contributed by atoms with Crippen LogP contribution in [0.2, 0.25) is 5.02 Å². The molecule has 0 spiro atoms. The normalized spacial score (nSPS) is 10.2. The minimum Gasteiger partial charge on any atom is -0.492 e. The molecule has 4 nitrogen and oxygen atoms in total. The van der Waals surface area contributed by atoms with Gasteiger partial charge >= 0.3 is 6.03 Å². The van der Waals surface area contributed by atoms with Crippen LogP contribution < -0.4 is 15.4 Å². The minimum absolute atomic E-state index is 0.241. The number of carbonyl (C=O) groups excluding carboxylic acids is 1. The third-order valence-corrected chi connectivity index (χ3v) is 3.75. The molecule has 0 saturated heterocycles. The smallest absolute Gasteiger partial charge is 0.315 e. The molecule has 5 heteroatoms. The zero-order valence-electron chi connectivity index (χ0n) is 13.1. The highest BCUT2D eigenvalue weighted by Gasteiger charge is 2.03. The summed E-state index contributed by atoms with van der Waals surface area (Å²) in [6, 6.07) is 15.1. The number of carbonyl (C=O) groups is 1. The highest BCUT2D eigenvalue weighted by atomic mass is 35.5. The average molecular weight is 333 g/mol. The Labute approximate surface area is 141 Å². The summed E-state index contributed by atoms with van der Waals surface area (Å²) < 4.78 is 5.57. The van der Waals surface area contributed by atoms with Crippen molar-refractivity contribution >= 4 is 17.6 Å². The summed E-state index contributed by atoms with van der Waals surface area (Å²) in [6.45, 7) is 3.36. The fraction of sp³-hybridized carbons (Fsp3) is 0.278. The van der Waals surface area contributed by atoms with E-state index in [0.717, 1.165) is 17.7 Å². The number of nitrogens with one attached hydrogen (secondary N) is 2. The number of aryl methyl sites for hydroxylation is 1. The van der Waals surface area contributed by atoms with Gasteiger partial charge in [-0.1, -0.05) is 48.9 Å². The SMILES string of the molecule is CCc1ccc(OCCNC(=O)NCc2ccccc2Cl)cc1. The lowest BCUT2D eigenvalue weighted by atomic mass is 10.2. The van der Waals surface area contributed by atoms with Gasteiger partial charge in [0.05, 0.1) is 6.54 Å².